The molecule has 1 amide bonds. The fraction of sp³-hybridized carbons (Fsp3) is 0.312. The van der Waals surface area contributed by atoms with E-state index in [-0.39, 0.29) is 6.42 Å². The average Bonchev–Trinajstić information content (AvgIpc) is 3.06. The summed E-state index contributed by atoms with van der Waals surface area (Å²) in [6.45, 7) is -2.24. The highest BCUT2D eigenvalue weighted by atomic mass is 32.1. The number of esters is 1. The van der Waals surface area contributed by atoms with Gasteiger partial charge < -0.3 is 14.8 Å². The minimum atomic E-state index is -4.52. The molecule has 26 heavy (non-hydrogen) atoms. The zero-order valence-electron chi connectivity index (χ0n) is 13.6. The predicted octanol–water partition coefficient (Wildman–Crippen LogP) is 2.58. The van der Waals surface area contributed by atoms with Crippen molar-refractivity contribution in [1.82, 2.24) is 10.3 Å². The van der Waals surface area contributed by atoms with Crippen molar-refractivity contribution >= 4 is 23.2 Å². The molecule has 6 nitrogen and oxygen atoms in total. The van der Waals surface area contributed by atoms with Crippen molar-refractivity contribution < 1.29 is 32.2 Å². The minimum Gasteiger partial charge on any atom is -0.497 e. The van der Waals surface area contributed by atoms with E-state index in [1.807, 2.05) is 12.1 Å². The lowest BCUT2D eigenvalue weighted by Gasteiger charge is -2.08. The van der Waals surface area contributed by atoms with Crippen molar-refractivity contribution in [3.8, 4) is 16.3 Å². The monoisotopic (exact) mass is 388 g/mol. The number of halogens is 3. The number of methoxy groups -OCH3 is 1. The molecule has 140 valence electrons. The van der Waals surface area contributed by atoms with E-state index in [1.54, 1.807) is 29.9 Å². The molecule has 0 radical (unpaired) electrons. The summed E-state index contributed by atoms with van der Waals surface area (Å²) in [6.07, 6.45) is -4.70. The Morgan fingerprint density at radius 1 is 1.23 bits per heavy atom. The fourth-order valence-electron chi connectivity index (χ4n) is 1.85. The molecule has 1 aromatic carbocycles. The van der Waals surface area contributed by atoms with Gasteiger partial charge in [0.2, 0.25) is 0 Å². The highest BCUT2D eigenvalue weighted by Gasteiger charge is 2.27. The molecule has 0 saturated carbocycles. The SMILES string of the molecule is COc1ccc(-c2nc(CC(=O)OCC(=O)NCC(F)(F)F)cs2)cc1. The number of hydrogen-bond acceptors (Lipinski definition) is 6. The first-order valence-electron chi connectivity index (χ1n) is 7.35. The Labute approximate surface area is 150 Å². The number of aromatic nitrogens is 1. The first kappa shape index (κ1) is 19.7. The van der Waals surface area contributed by atoms with E-state index in [0.717, 1.165) is 5.56 Å². The maximum Gasteiger partial charge on any atom is 0.405 e. The molecule has 10 heteroatoms. The number of ether oxygens (including phenoxy) is 2. The average molecular weight is 388 g/mol. The number of nitrogens with one attached hydrogen (secondary N) is 1. The van der Waals surface area contributed by atoms with Gasteiger partial charge in [-0.3, -0.25) is 9.59 Å². The van der Waals surface area contributed by atoms with Crippen LogP contribution in [0.2, 0.25) is 0 Å². The molecule has 0 bridgehead atoms. The van der Waals surface area contributed by atoms with Crippen LogP contribution in [0.5, 0.6) is 5.75 Å². The van der Waals surface area contributed by atoms with Gasteiger partial charge in [0.25, 0.3) is 5.91 Å². The number of alkyl halides is 3. The van der Waals surface area contributed by atoms with E-state index in [9.17, 15) is 22.8 Å². The fourth-order valence-corrected chi connectivity index (χ4v) is 2.67. The van der Waals surface area contributed by atoms with Crippen molar-refractivity contribution in [3.05, 3.63) is 35.3 Å². The minimum absolute atomic E-state index is 0.181. The molecular weight excluding hydrogens is 373 g/mol. The van der Waals surface area contributed by atoms with Gasteiger partial charge in [-0.25, -0.2) is 4.98 Å². The van der Waals surface area contributed by atoms with E-state index < -0.39 is 31.2 Å². The lowest BCUT2D eigenvalue weighted by molar-refractivity contribution is -0.150. The van der Waals surface area contributed by atoms with Crippen LogP contribution in [0.1, 0.15) is 5.69 Å². The Bertz CT molecular complexity index is 760. The van der Waals surface area contributed by atoms with Crippen molar-refractivity contribution in [1.29, 1.82) is 0 Å². The molecule has 0 atom stereocenters. The van der Waals surface area contributed by atoms with Crippen molar-refractivity contribution in [3.63, 3.8) is 0 Å². The molecule has 2 aromatic rings. The molecule has 0 aliphatic heterocycles. The third-order valence-electron chi connectivity index (χ3n) is 3.06. The van der Waals surface area contributed by atoms with E-state index in [1.165, 1.54) is 11.3 Å². The van der Waals surface area contributed by atoms with Crippen LogP contribution < -0.4 is 10.1 Å². The summed E-state index contributed by atoms with van der Waals surface area (Å²) in [5, 5.41) is 3.98. The van der Waals surface area contributed by atoms with Crippen LogP contribution in [-0.2, 0) is 20.7 Å². The number of carbonyl (C=O) groups is 2. The number of benzene rings is 1. The molecule has 0 aliphatic rings. The van der Waals surface area contributed by atoms with Gasteiger partial charge in [-0.05, 0) is 24.3 Å². The van der Waals surface area contributed by atoms with Crippen LogP contribution in [0.4, 0.5) is 13.2 Å². The summed E-state index contributed by atoms with van der Waals surface area (Å²) in [4.78, 5) is 27.1. The van der Waals surface area contributed by atoms with Crippen LogP contribution >= 0.6 is 11.3 Å². The second-order valence-electron chi connectivity index (χ2n) is 5.10. The van der Waals surface area contributed by atoms with E-state index in [0.29, 0.717) is 16.5 Å². The molecular formula is C16H15F3N2O4S. The van der Waals surface area contributed by atoms with Crippen molar-refractivity contribution in [2.75, 3.05) is 20.3 Å². The number of amides is 1. The Morgan fingerprint density at radius 2 is 1.92 bits per heavy atom. The van der Waals surface area contributed by atoms with E-state index in [2.05, 4.69) is 9.72 Å². The maximum absolute atomic E-state index is 12.0. The van der Waals surface area contributed by atoms with Gasteiger partial charge in [0.05, 0.1) is 19.2 Å². The Morgan fingerprint density at radius 3 is 2.54 bits per heavy atom. The lowest BCUT2D eigenvalue weighted by atomic mass is 10.2. The standard InChI is InChI=1S/C16H15F3N2O4S/c1-24-12-4-2-10(3-5-12)15-21-11(8-26-15)6-14(23)25-7-13(22)20-9-16(17,18)19/h2-5,8H,6-7,9H2,1H3,(H,20,22). The molecule has 0 fully saturated rings. The molecule has 2 rings (SSSR count). The zero-order chi connectivity index (χ0) is 19.2. The third kappa shape index (κ3) is 6.36. The van der Waals surface area contributed by atoms with Crippen LogP contribution in [0.3, 0.4) is 0 Å². The third-order valence-corrected chi connectivity index (χ3v) is 4.00. The van der Waals surface area contributed by atoms with Gasteiger partial charge >= 0.3 is 12.1 Å². The first-order valence-corrected chi connectivity index (χ1v) is 8.22. The van der Waals surface area contributed by atoms with Gasteiger partial charge in [-0.15, -0.1) is 11.3 Å². The second-order valence-corrected chi connectivity index (χ2v) is 5.96. The molecule has 1 aromatic heterocycles. The highest BCUT2D eigenvalue weighted by Crippen LogP contribution is 2.25. The number of thiazole rings is 1. The quantitative estimate of drug-likeness (QED) is 0.738. The van der Waals surface area contributed by atoms with Crippen molar-refractivity contribution in [2.45, 2.75) is 12.6 Å². The molecule has 0 unspecified atom stereocenters. The molecule has 0 aliphatic carbocycles. The predicted molar refractivity (Wildman–Crippen MR) is 87.8 cm³/mol. The van der Waals surface area contributed by atoms with E-state index >= 15 is 0 Å². The van der Waals surface area contributed by atoms with Gasteiger partial charge in [0.1, 0.15) is 17.3 Å². The molecule has 0 spiro atoms. The molecule has 1 N–H and O–H groups in total. The normalized spacial score (nSPS) is 11.1. The Hall–Kier alpha value is -2.62. The lowest BCUT2D eigenvalue weighted by Crippen LogP contribution is -2.36. The zero-order valence-corrected chi connectivity index (χ0v) is 14.4. The van der Waals surface area contributed by atoms with E-state index in [4.69, 9.17) is 4.74 Å². The van der Waals surface area contributed by atoms with Gasteiger partial charge in [0, 0.05) is 10.9 Å². The summed E-state index contributed by atoms with van der Waals surface area (Å²) in [5.41, 5.74) is 1.29. The number of carbonyl (C=O) groups excluding carboxylic acids is 2. The number of nitrogens with zero attached hydrogens (tertiary/aromatic N) is 1. The molecule has 1 heterocycles. The smallest absolute Gasteiger partial charge is 0.405 e. The van der Waals surface area contributed by atoms with Gasteiger partial charge in [0.15, 0.2) is 6.61 Å². The van der Waals surface area contributed by atoms with Crippen LogP contribution in [0.25, 0.3) is 10.6 Å². The maximum atomic E-state index is 12.0. The van der Waals surface area contributed by atoms with Crippen LogP contribution in [0.15, 0.2) is 29.6 Å². The summed E-state index contributed by atoms with van der Waals surface area (Å²) in [7, 11) is 1.56. The van der Waals surface area contributed by atoms with Gasteiger partial charge in [-0.2, -0.15) is 13.2 Å². The Kier molecular flexibility index (Phi) is 6.56. The molecule has 0 saturated heterocycles. The van der Waals surface area contributed by atoms with Crippen LogP contribution in [-0.4, -0.2) is 43.3 Å². The topological polar surface area (TPSA) is 77.5 Å². The second kappa shape index (κ2) is 8.65. The van der Waals surface area contributed by atoms with Crippen molar-refractivity contribution in [2.24, 2.45) is 0 Å². The summed E-state index contributed by atoms with van der Waals surface area (Å²) in [6, 6.07) is 7.21. The number of rotatable bonds is 7. The summed E-state index contributed by atoms with van der Waals surface area (Å²) >= 11 is 1.33. The summed E-state index contributed by atoms with van der Waals surface area (Å²) in [5.74, 6) is -1.07. The Balaban J connectivity index is 1.82. The summed E-state index contributed by atoms with van der Waals surface area (Å²) < 4.78 is 45.6. The first-order chi connectivity index (χ1) is 12.3. The largest absolute Gasteiger partial charge is 0.497 e. The van der Waals surface area contributed by atoms with Crippen LogP contribution in [0, 0.1) is 0 Å². The highest BCUT2D eigenvalue weighted by molar-refractivity contribution is 7.13. The van der Waals surface area contributed by atoms with Gasteiger partial charge in [-0.1, -0.05) is 0 Å². The number of hydrogen-bond donors (Lipinski definition) is 1.